The van der Waals surface area contributed by atoms with Crippen molar-refractivity contribution in [3.8, 4) is 0 Å². The molecule has 0 saturated heterocycles. The van der Waals surface area contributed by atoms with Gasteiger partial charge in [0.15, 0.2) is 5.78 Å². The van der Waals surface area contributed by atoms with Crippen LogP contribution in [0.25, 0.3) is 0 Å². The van der Waals surface area contributed by atoms with Gasteiger partial charge in [-0.2, -0.15) is 0 Å². The fraction of sp³-hybridized carbons (Fsp3) is 0. The van der Waals surface area contributed by atoms with Crippen molar-refractivity contribution in [2.24, 2.45) is 0 Å². The Morgan fingerprint density at radius 1 is 0.467 bits per heavy atom. The lowest BCUT2D eigenvalue weighted by molar-refractivity contribution is 0.103. The Hall–Kier alpha value is -2.17. The van der Waals surface area contributed by atoms with Crippen molar-refractivity contribution in [1.82, 2.24) is 0 Å². The first-order valence-corrected chi connectivity index (χ1v) is 11.6. The maximum absolute atomic E-state index is 12.8. The molecule has 0 saturated carbocycles. The van der Waals surface area contributed by atoms with Crippen LogP contribution < -0.4 is 0 Å². The molecule has 4 aromatic carbocycles. The highest BCUT2D eigenvalue weighted by Crippen LogP contribution is 2.30. The van der Waals surface area contributed by atoms with Crippen LogP contribution in [0.2, 0.25) is 10.0 Å². The van der Waals surface area contributed by atoms with E-state index < -0.39 is 0 Å². The maximum atomic E-state index is 12.8. The Balaban J connectivity index is 1.42. The van der Waals surface area contributed by atoms with Crippen LogP contribution in [-0.4, -0.2) is 5.78 Å². The SMILES string of the molecule is O=C(c1ccc(Sc2ccc(Cl)cc2)cc1)c1ccc(Sc2ccc(Cl)cc2)cc1. The van der Waals surface area contributed by atoms with Gasteiger partial charge in [-0.05, 0) is 97.1 Å². The third kappa shape index (κ3) is 5.50. The molecule has 0 aromatic heterocycles. The summed E-state index contributed by atoms with van der Waals surface area (Å²) < 4.78 is 0. The van der Waals surface area contributed by atoms with E-state index in [0.717, 1.165) is 29.6 Å². The molecule has 0 atom stereocenters. The number of halogens is 2. The summed E-state index contributed by atoms with van der Waals surface area (Å²) in [4.78, 5) is 17.2. The lowest BCUT2D eigenvalue weighted by Gasteiger charge is -2.06. The minimum absolute atomic E-state index is 0.0149. The first kappa shape index (κ1) is 21.1. The molecule has 30 heavy (non-hydrogen) atoms. The van der Waals surface area contributed by atoms with E-state index in [1.165, 1.54) is 0 Å². The molecule has 0 fully saturated rings. The zero-order chi connectivity index (χ0) is 20.9. The average molecular weight is 467 g/mol. The summed E-state index contributed by atoms with van der Waals surface area (Å²) in [5.41, 5.74) is 1.35. The number of carbonyl (C=O) groups excluding carboxylic acids is 1. The summed E-state index contributed by atoms with van der Waals surface area (Å²) in [5.74, 6) is 0.0149. The van der Waals surface area contributed by atoms with E-state index in [2.05, 4.69) is 0 Å². The minimum Gasteiger partial charge on any atom is -0.289 e. The third-order valence-electron chi connectivity index (χ3n) is 4.33. The molecule has 0 bridgehead atoms. The van der Waals surface area contributed by atoms with E-state index in [4.69, 9.17) is 23.2 Å². The molecule has 4 rings (SSSR count). The van der Waals surface area contributed by atoms with E-state index in [1.54, 1.807) is 23.5 Å². The molecule has 0 unspecified atom stereocenters. The van der Waals surface area contributed by atoms with Crippen molar-refractivity contribution in [2.45, 2.75) is 19.6 Å². The van der Waals surface area contributed by atoms with Gasteiger partial charge in [-0.3, -0.25) is 4.79 Å². The highest BCUT2D eigenvalue weighted by molar-refractivity contribution is 7.99. The van der Waals surface area contributed by atoms with Gasteiger partial charge in [-0.25, -0.2) is 0 Å². The zero-order valence-electron chi connectivity index (χ0n) is 15.7. The average Bonchev–Trinajstić information content (AvgIpc) is 2.77. The molecule has 1 nitrogen and oxygen atoms in total. The molecule has 0 aliphatic rings. The van der Waals surface area contributed by atoms with Crippen molar-refractivity contribution in [1.29, 1.82) is 0 Å². The topological polar surface area (TPSA) is 17.1 Å². The molecule has 148 valence electrons. The van der Waals surface area contributed by atoms with Gasteiger partial charge in [-0.1, -0.05) is 46.7 Å². The van der Waals surface area contributed by atoms with Crippen LogP contribution in [0.1, 0.15) is 15.9 Å². The van der Waals surface area contributed by atoms with Crippen LogP contribution in [0.5, 0.6) is 0 Å². The molecule has 5 heteroatoms. The molecule has 0 spiro atoms. The van der Waals surface area contributed by atoms with Gasteiger partial charge in [0.25, 0.3) is 0 Å². The number of hydrogen-bond acceptors (Lipinski definition) is 3. The molecule has 0 N–H and O–H groups in total. The minimum atomic E-state index is 0.0149. The Morgan fingerprint density at radius 2 is 0.733 bits per heavy atom. The third-order valence-corrected chi connectivity index (χ3v) is 6.87. The van der Waals surface area contributed by atoms with Crippen LogP contribution >= 0.6 is 46.7 Å². The summed E-state index contributed by atoms with van der Waals surface area (Å²) in [5, 5.41) is 1.44. The normalized spacial score (nSPS) is 10.7. The molecule has 4 aromatic rings. The fourth-order valence-electron chi connectivity index (χ4n) is 2.79. The first-order valence-electron chi connectivity index (χ1n) is 9.18. The Kier molecular flexibility index (Phi) is 6.86. The fourth-order valence-corrected chi connectivity index (χ4v) is 4.68. The van der Waals surface area contributed by atoms with Gasteiger partial charge in [0.1, 0.15) is 0 Å². The van der Waals surface area contributed by atoms with Crippen LogP contribution in [0.3, 0.4) is 0 Å². The molecule has 0 aliphatic carbocycles. The van der Waals surface area contributed by atoms with Crippen LogP contribution in [0.15, 0.2) is 117 Å². The van der Waals surface area contributed by atoms with Crippen LogP contribution in [-0.2, 0) is 0 Å². The lowest BCUT2D eigenvalue weighted by atomic mass is 10.0. The van der Waals surface area contributed by atoms with E-state index in [-0.39, 0.29) is 5.78 Å². The van der Waals surface area contributed by atoms with E-state index >= 15 is 0 Å². The summed E-state index contributed by atoms with van der Waals surface area (Å²) in [6.07, 6.45) is 0. The number of benzene rings is 4. The van der Waals surface area contributed by atoms with Gasteiger partial charge in [0.2, 0.25) is 0 Å². The summed E-state index contributed by atoms with van der Waals surface area (Å²) >= 11 is 15.1. The quantitative estimate of drug-likeness (QED) is 0.265. The lowest BCUT2D eigenvalue weighted by Crippen LogP contribution is -2.00. The molecule has 0 heterocycles. The van der Waals surface area contributed by atoms with Crippen molar-refractivity contribution >= 4 is 52.5 Å². The van der Waals surface area contributed by atoms with E-state index in [1.807, 2.05) is 97.1 Å². The molecule has 0 aliphatic heterocycles. The Bertz CT molecular complexity index is 1040. The second kappa shape index (κ2) is 9.76. The molecule has 0 radical (unpaired) electrons. The van der Waals surface area contributed by atoms with E-state index in [9.17, 15) is 4.79 Å². The predicted molar refractivity (Wildman–Crippen MR) is 127 cm³/mol. The van der Waals surface area contributed by atoms with Crippen molar-refractivity contribution < 1.29 is 4.79 Å². The summed E-state index contributed by atoms with van der Waals surface area (Å²) in [6.45, 7) is 0. The monoisotopic (exact) mass is 466 g/mol. The van der Waals surface area contributed by atoms with E-state index in [0.29, 0.717) is 11.1 Å². The predicted octanol–water partition coefficient (Wildman–Crippen LogP) is 8.53. The highest BCUT2D eigenvalue weighted by atomic mass is 35.5. The Labute approximate surface area is 194 Å². The zero-order valence-corrected chi connectivity index (χ0v) is 18.9. The summed E-state index contributed by atoms with van der Waals surface area (Å²) in [6, 6.07) is 30.8. The number of rotatable bonds is 6. The number of ketones is 1. The van der Waals surface area contributed by atoms with Crippen molar-refractivity contribution in [3.05, 3.63) is 118 Å². The smallest absolute Gasteiger partial charge is 0.193 e. The second-order valence-corrected chi connectivity index (χ2v) is 9.66. The van der Waals surface area contributed by atoms with Crippen molar-refractivity contribution in [2.75, 3.05) is 0 Å². The largest absolute Gasteiger partial charge is 0.289 e. The Morgan fingerprint density at radius 3 is 1.03 bits per heavy atom. The molecular weight excluding hydrogens is 451 g/mol. The standard InChI is InChI=1S/C25H16Cl2OS2/c26-19-5-13-23(14-6-19)29-21-9-1-17(2-10-21)25(28)18-3-11-22(12-4-18)30-24-15-7-20(27)8-16-24/h1-16H. The number of carbonyl (C=O) groups is 1. The first-order chi connectivity index (χ1) is 14.6. The van der Waals surface area contributed by atoms with Gasteiger partial charge >= 0.3 is 0 Å². The van der Waals surface area contributed by atoms with Gasteiger partial charge in [0, 0.05) is 40.8 Å². The number of hydrogen-bond donors (Lipinski definition) is 0. The second-order valence-electron chi connectivity index (χ2n) is 6.49. The van der Waals surface area contributed by atoms with Gasteiger partial charge in [0.05, 0.1) is 0 Å². The molecule has 0 amide bonds. The highest BCUT2D eigenvalue weighted by Gasteiger charge is 2.10. The van der Waals surface area contributed by atoms with Crippen molar-refractivity contribution in [3.63, 3.8) is 0 Å². The van der Waals surface area contributed by atoms with Crippen LogP contribution in [0.4, 0.5) is 0 Å². The van der Waals surface area contributed by atoms with Crippen LogP contribution in [0, 0.1) is 0 Å². The summed E-state index contributed by atoms with van der Waals surface area (Å²) in [7, 11) is 0. The molecular formula is C25H16Cl2OS2. The van der Waals surface area contributed by atoms with Gasteiger partial charge < -0.3 is 0 Å². The van der Waals surface area contributed by atoms with Gasteiger partial charge in [-0.15, -0.1) is 0 Å². The maximum Gasteiger partial charge on any atom is 0.193 e.